The van der Waals surface area contributed by atoms with Crippen molar-refractivity contribution in [1.82, 2.24) is 5.32 Å². The smallest absolute Gasteiger partial charge is 0.169 e. The first kappa shape index (κ1) is 15.1. The van der Waals surface area contributed by atoms with Gasteiger partial charge in [0.25, 0.3) is 0 Å². The summed E-state index contributed by atoms with van der Waals surface area (Å²) in [4.78, 5) is 0. The molecular formula is C16H26BrNO. The van der Waals surface area contributed by atoms with E-state index in [1.165, 1.54) is 19.3 Å². The molecule has 1 aromatic heterocycles. The molecule has 0 aromatic carbocycles. The molecule has 3 heteroatoms. The summed E-state index contributed by atoms with van der Waals surface area (Å²) in [5, 5.41) is 3.70. The van der Waals surface area contributed by atoms with Crippen molar-refractivity contribution in [3.8, 4) is 0 Å². The Morgan fingerprint density at radius 3 is 2.47 bits per heavy atom. The zero-order valence-corrected chi connectivity index (χ0v) is 13.9. The third kappa shape index (κ3) is 4.09. The molecule has 3 atom stereocenters. The van der Waals surface area contributed by atoms with Gasteiger partial charge in [0, 0.05) is 0 Å². The number of nitrogens with one attached hydrogen (secondary N) is 1. The molecule has 0 aliphatic heterocycles. The zero-order chi connectivity index (χ0) is 13.8. The molecule has 1 fully saturated rings. The van der Waals surface area contributed by atoms with Crippen molar-refractivity contribution < 1.29 is 4.42 Å². The predicted molar refractivity (Wildman–Crippen MR) is 83.1 cm³/mol. The SMILES string of the molecule is CCCNC(c1ccc(Br)o1)C1CC(C)CC(C)C1. The largest absolute Gasteiger partial charge is 0.453 e. The van der Waals surface area contributed by atoms with Crippen LogP contribution in [0.25, 0.3) is 0 Å². The summed E-state index contributed by atoms with van der Waals surface area (Å²) in [5.41, 5.74) is 0. The first-order valence-corrected chi connectivity index (χ1v) is 8.38. The van der Waals surface area contributed by atoms with Gasteiger partial charge in [0.1, 0.15) is 5.76 Å². The molecule has 0 radical (unpaired) electrons. The summed E-state index contributed by atoms with van der Waals surface area (Å²) in [5.74, 6) is 3.45. The Labute approximate surface area is 125 Å². The third-order valence-electron chi connectivity index (χ3n) is 4.20. The van der Waals surface area contributed by atoms with Gasteiger partial charge in [0.05, 0.1) is 6.04 Å². The van der Waals surface area contributed by atoms with Crippen LogP contribution in [0.5, 0.6) is 0 Å². The van der Waals surface area contributed by atoms with Crippen LogP contribution in [0, 0.1) is 17.8 Å². The fourth-order valence-electron chi connectivity index (χ4n) is 3.58. The van der Waals surface area contributed by atoms with Gasteiger partial charge in [-0.1, -0.05) is 20.8 Å². The van der Waals surface area contributed by atoms with E-state index < -0.39 is 0 Å². The lowest BCUT2D eigenvalue weighted by Crippen LogP contribution is -2.33. The van der Waals surface area contributed by atoms with Crippen LogP contribution < -0.4 is 5.32 Å². The van der Waals surface area contributed by atoms with Crippen molar-refractivity contribution in [2.45, 2.75) is 52.5 Å². The van der Waals surface area contributed by atoms with E-state index in [-0.39, 0.29) is 0 Å². The summed E-state index contributed by atoms with van der Waals surface area (Å²) in [6.45, 7) is 8.05. The lowest BCUT2D eigenvalue weighted by molar-refractivity contribution is 0.164. The molecule has 0 bridgehead atoms. The average molecular weight is 328 g/mol. The number of furan rings is 1. The van der Waals surface area contributed by atoms with E-state index >= 15 is 0 Å². The summed E-state index contributed by atoms with van der Waals surface area (Å²) in [7, 11) is 0. The quantitative estimate of drug-likeness (QED) is 0.808. The molecular weight excluding hydrogens is 302 g/mol. The Morgan fingerprint density at radius 1 is 1.26 bits per heavy atom. The normalized spacial score (nSPS) is 29.4. The van der Waals surface area contributed by atoms with Gasteiger partial charge in [-0.25, -0.2) is 0 Å². The molecule has 1 heterocycles. The molecule has 0 spiro atoms. The highest BCUT2D eigenvalue weighted by Crippen LogP contribution is 2.40. The van der Waals surface area contributed by atoms with Gasteiger partial charge >= 0.3 is 0 Å². The summed E-state index contributed by atoms with van der Waals surface area (Å²) in [6.07, 6.45) is 5.16. The third-order valence-corrected chi connectivity index (χ3v) is 4.63. The van der Waals surface area contributed by atoms with Gasteiger partial charge in [-0.15, -0.1) is 0 Å². The van der Waals surface area contributed by atoms with Crippen molar-refractivity contribution in [2.75, 3.05) is 6.54 Å². The van der Waals surface area contributed by atoms with Crippen LogP contribution >= 0.6 is 15.9 Å². The number of halogens is 1. The lowest BCUT2D eigenvalue weighted by Gasteiger charge is -2.36. The monoisotopic (exact) mass is 327 g/mol. The van der Waals surface area contributed by atoms with Crippen molar-refractivity contribution in [1.29, 1.82) is 0 Å². The van der Waals surface area contributed by atoms with Gasteiger partial charge in [-0.05, 0) is 78.0 Å². The zero-order valence-electron chi connectivity index (χ0n) is 12.3. The molecule has 1 aliphatic rings. The second kappa shape index (κ2) is 6.94. The first-order valence-electron chi connectivity index (χ1n) is 7.58. The van der Waals surface area contributed by atoms with Crippen LogP contribution in [0.4, 0.5) is 0 Å². The Hall–Kier alpha value is -0.280. The second-order valence-corrected chi connectivity index (χ2v) is 7.03. The maximum Gasteiger partial charge on any atom is 0.169 e. The topological polar surface area (TPSA) is 25.2 Å². The molecule has 1 aromatic rings. The highest BCUT2D eigenvalue weighted by atomic mass is 79.9. The summed E-state index contributed by atoms with van der Waals surface area (Å²) >= 11 is 3.42. The predicted octanol–water partition coefficient (Wildman–Crippen LogP) is 5.16. The molecule has 3 unspecified atom stereocenters. The summed E-state index contributed by atoms with van der Waals surface area (Å²) < 4.78 is 6.66. The Morgan fingerprint density at radius 2 is 1.95 bits per heavy atom. The molecule has 19 heavy (non-hydrogen) atoms. The molecule has 2 rings (SSSR count). The van der Waals surface area contributed by atoms with Gasteiger partial charge in [0.2, 0.25) is 0 Å². The van der Waals surface area contributed by atoms with Crippen LogP contribution in [0.2, 0.25) is 0 Å². The highest BCUT2D eigenvalue weighted by molar-refractivity contribution is 9.10. The number of hydrogen-bond acceptors (Lipinski definition) is 2. The van der Waals surface area contributed by atoms with Crippen LogP contribution in [0.3, 0.4) is 0 Å². The van der Waals surface area contributed by atoms with E-state index in [0.717, 1.165) is 35.2 Å². The molecule has 1 N–H and O–H groups in total. The fourth-order valence-corrected chi connectivity index (χ4v) is 3.90. The number of hydrogen-bond donors (Lipinski definition) is 1. The van der Waals surface area contributed by atoms with E-state index in [0.29, 0.717) is 12.0 Å². The van der Waals surface area contributed by atoms with Crippen LogP contribution in [0.15, 0.2) is 21.2 Å². The maximum absolute atomic E-state index is 5.82. The first-order chi connectivity index (χ1) is 9.10. The minimum atomic E-state index is 0.372. The Kier molecular flexibility index (Phi) is 5.52. The van der Waals surface area contributed by atoms with Crippen LogP contribution in [-0.2, 0) is 0 Å². The van der Waals surface area contributed by atoms with E-state index in [9.17, 15) is 0 Å². The number of rotatable bonds is 5. The standard InChI is InChI=1S/C16H26BrNO/c1-4-7-18-16(14-5-6-15(17)19-14)13-9-11(2)8-12(3)10-13/h5-6,11-13,16,18H,4,7-10H2,1-3H3. The van der Waals surface area contributed by atoms with E-state index in [2.05, 4.69) is 48.1 Å². The minimum absolute atomic E-state index is 0.372. The van der Waals surface area contributed by atoms with Crippen LogP contribution in [-0.4, -0.2) is 6.54 Å². The van der Waals surface area contributed by atoms with Crippen molar-refractivity contribution in [2.24, 2.45) is 17.8 Å². The van der Waals surface area contributed by atoms with Gasteiger partial charge in [-0.2, -0.15) is 0 Å². The minimum Gasteiger partial charge on any atom is -0.453 e. The second-order valence-electron chi connectivity index (χ2n) is 6.25. The lowest BCUT2D eigenvalue weighted by atomic mass is 9.73. The molecule has 108 valence electrons. The van der Waals surface area contributed by atoms with Gasteiger partial charge < -0.3 is 9.73 Å². The van der Waals surface area contributed by atoms with Gasteiger partial charge in [0.15, 0.2) is 4.67 Å². The molecule has 0 saturated heterocycles. The van der Waals surface area contributed by atoms with Crippen molar-refractivity contribution in [3.63, 3.8) is 0 Å². The summed E-state index contributed by atoms with van der Waals surface area (Å²) in [6, 6.07) is 4.49. The van der Waals surface area contributed by atoms with E-state index in [1.54, 1.807) is 0 Å². The van der Waals surface area contributed by atoms with Gasteiger partial charge in [-0.3, -0.25) is 0 Å². The Bertz CT molecular complexity index is 380. The van der Waals surface area contributed by atoms with Crippen LogP contribution in [0.1, 0.15) is 58.3 Å². The molecule has 0 amide bonds. The highest BCUT2D eigenvalue weighted by Gasteiger charge is 2.32. The average Bonchev–Trinajstić information content (AvgIpc) is 2.75. The van der Waals surface area contributed by atoms with Crippen molar-refractivity contribution >= 4 is 15.9 Å². The fraction of sp³-hybridized carbons (Fsp3) is 0.750. The molecule has 1 aliphatic carbocycles. The van der Waals surface area contributed by atoms with E-state index in [1.807, 2.05) is 6.07 Å². The van der Waals surface area contributed by atoms with E-state index in [4.69, 9.17) is 4.42 Å². The molecule has 2 nitrogen and oxygen atoms in total. The Balaban J connectivity index is 2.12. The maximum atomic E-state index is 5.82. The van der Waals surface area contributed by atoms with Crippen molar-refractivity contribution in [3.05, 3.63) is 22.6 Å². The molecule has 1 saturated carbocycles.